The zero-order valence-electron chi connectivity index (χ0n) is 12.5. The molecule has 1 aromatic carbocycles. The van der Waals surface area contributed by atoms with Gasteiger partial charge in [0.1, 0.15) is 18.5 Å². The Morgan fingerprint density at radius 1 is 1.38 bits per heavy atom. The number of hydrogen-bond acceptors (Lipinski definition) is 8. The lowest BCUT2D eigenvalue weighted by atomic mass is 10.3. The summed E-state index contributed by atoms with van der Waals surface area (Å²) in [6.45, 7) is 0.240. The fraction of sp³-hybridized carbons (Fsp3) is 0.267. The standard InChI is InChI=1S/C15H15N3O6/c19-10(7-17-15-12(18(20)21)2-1-5-16-15)8-22-11-3-4-13-14(6-11)24-9-23-13/h1-6,10,19H,7-9H2,(H,16,17). The Bertz CT molecular complexity index is 739. The molecule has 1 aliphatic heterocycles. The Labute approximate surface area is 136 Å². The molecule has 0 spiro atoms. The first kappa shape index (κ1) is 15.8. The van der Waals surface area contributed by atoms with Crippen LogP contribution in [0.1, 0.15) is 0 Å². The van der Waals surface area contributed by atoms with Crippen molar-refractivity contribution in [1.82, 2.24) is 4.98 Å². The number of aromatic nitrogens is 1. The zero-order valence-corrected chi connectivity index (χ0v) is 12.5. The van der Waals surface area contributed by atoms with Crippen molar-refractivity contribution in [1.29, 1.82) is 0 Å². The number of fused-ring (bicyclic) bond motifs is 1. The van der Waals surface area contributed by atoms with Crippen LogP contribution in [-0.4, -0.2) is 41.1 Å². The summed E-state index contributed by atoms with van der Waals surface area (Å²) in [5, 5.41) is 23.6. The molecule has 1 unspecified atom stereocenters. The van der Waals surface area contributed by atoms with Gasteiger partial charge in [-0.2, -0.15) is 0 Å². The Morgan fingerprint density at radius 3 is 3.04 bits per heavy atom. The van der Waals surface area contributed by atoms with Gasteiger partial charge in [0.15, 0.2) is 11.5 Å². The van der Waals surface area contributed by atoms with Gasteiger partial charge in [0.25, 0.3) is 0 Å². The third-order valence-corrected chi connectivity index (χ3v) is 3.27. The first-order valence-corrected chi connectivity index (χ1v) is 7.17. The first-order valence-electron chi connectivity index (χ1n) is 7.17. The molecule has 0 bridgehead atoms. The summed E-state index contributed by atoms with van der Waals surface area (Å²) in [4.78, 5) is 14.2. The molecular weight excluding hydrogens is 318 g/mol. The lowest BCUT2D eigenvalue weighted by Crippen LogP contribution is -2.26. The zero-order chi connectivity index (χ0) is 16.9. The number of nitrogens with one attached hydrogen (secondary N) is 1. The van der Waals surface area contributed by atoms with Crippen LogP contribution in [-0.2, 0) is 0 Å². The molecule has 3 rings (SSSR count). The van der Waals surface area contributed by atoms with Gasteiger partial charge in [0, 0.05) is 24.9 Å². The van der Waals surface area contributed by atoms with E-state index >= 15 is 0 Å². The van der Waals surface area contributed by atoms with E-state index in [4.69, 9.17) is 14.2 Å². The largest absolute Gasteiger partial charge is 0.491 e. The molecule has 2 aromatic rings. The van der Waals surface area contributed by atoms with Crippen molar-refractivity contribution >= 4 is 11.5 Å². The molecule has 126 valence electrons. The normalized spacial score (nSPS) is 13.4. The van der Waals surface area contributed by atoms with Crippen LogP contribution in [0.5, 0.6) is 17.2 Å². The Hall–Kier alpha value is -3.07. The second-order valence-corrected chi connectivity index (χ2v) is 4.99. The molecule has 1 aromatic heterocycles. The average Bonchev–Trinajstić information content (AvgIpc) is 3.06. The highest BCUT2D eigenvalue weighted by Crippen LogP contribution is 2.35. The molecule has 0 fully saturated rings. The van der Waals surface area contributed by atoms with Crippen LogP contribution >= 0.6 is 0 Å². The number of nitrogens with zero attached hydrogens (tertiary/aromatic N) is 2. The highest BCUT2D eigenvalue weighted by atomic mass is 16.7. The number of aliphatic hydroxyl groups excluding tert-OH is 1. The van der Waals surface area contributed by atoms with Gasteiger partial charge in [-0.1, -0.05) is 0 Å². The highest BCUT2D eigenvalue weighted by molar-refractivity contribution is 5.55. The van der Waals surface area contributed by atoms with Gasteiger partial charge in [-0.05, 0) is 18.2 Å². The third-order valence-electron chi connectivity index (χ3n) is 3.27. The second-order valence-electron chi connectivity index (χ2n) is 4.99. The molecule has 0 saturated heterocycles. The van der Waals surface area contributed by atoms with E-state index in [0.29, 0.717) is 17.2 Å². The van der Waals surface area contributed by atoms with E-state index < -0.39 is 11.0 Å². The van der Waals surface area contributed by atoms with E-state index in [1.165, 1.54) is 18.3 Å². The smallest absolute Gasteiger partial charge is 0.311 e. The Kier molecular flexibility index (Phi) is 4.62. The van der Waals surface area contributed by atoms with Gasteiger partial charge < -0.3 is 24.6 Å². The third kappa shape index (κ3) is 3.63. The number of aliphatic hydroxyl groups is 1. The van der Waals surface area contributed by atoms with Crippen molar-refractivity contribution in [2.75, 3.05) is 25.3 Å². The molecule has 9 nitrogen and oxygen atoms in total. The first-order chi connectivity index (χ1) is 11.6. The molecule has 0 radical (unpaired) electrons. The SMILES string of the molecule is O=[N+]([O-])c1cccnc1NCC(O)COc1ccc2c(c1)OCO2. The number of rotatable bonds is 7. The maximum absolute atomic E-state index is 10.9. The molecular formula is C15H15N3O6. The molecule has 1 aliphatic rings. The van der Waals surface area contributed by atoms with E-state index in [9.17, 15) is 15.2 Å². The van der Waals surface area contributed by atoms with Crippen molar-refractivity contribution in [3.8, 4) is 17.2 Å². The van der Waals surface area contributed by atoms with Crippen LogP contribution in [0.15, 0.2) is 36.5 Å². The van der Waals surface area contributed by atoms with Gasteiger partial charge in [0.2, 0.25) is 12.6 Å². The van der Waals surface area contributed by atoms with Gasteiger partial charge in [0.05, 0.1) is 4.92 Å². The van der Waals surface area contributed by atoms with Crippen LogP contribution in [0.4, 0.5) is 11.5 Å². The van der Waals surface area contributed by atoms with Crippen LogP contribution in [0.2, 0.25) is 0 Å². The number of benzene rings is 1. The van der Waals surface area contributed by atoms with Crippen molar-refractivity contribution in [3.63, 3.8) is 0 Å². The van der Waals surface area contributed by atoms with Gasteiger partial charge in [-0.25, -0.2) is 4.98 Å². The van der Waals surface area contributed by atoms with Crippen LogP contribution in [0.3, 0.4) is 0 Å². The number of pyridine rings is 1. The molecule has 1 atom stereocenters. The lowest BCUT2D eigenvalue weighted by molar-refractivity contribution is -0.384. The van der Waals surface area contributed by atoms with Crippen LogP contribution in [0.25, 0.3) is 0 Å². The van der Waals surface area contributed by atoms with E-state index in [2.05, 4.69) is 10.3 Å². The summed E-state index contributed by atoms with van der Waals surface area (Å²) in [6.07, 6.45) is 0.558. The summed E-state index contributed by atoms with van der Waals surface area (Å²) < 4.78 is 15.9. The summed E-state index contributed by atoms with van der Waals surface area (Å²) in [7, 11) is 0. The van der Waals surface area contributed by atoms with Crippen molar-refractivity contribution in [2.45, 2.75) is 6.10 Å². The van der Waals surface area contributed by atoms with E-state index in [1.807, 2.05) is 0 Å². The number of nitro groups is 1. The molecule has 24 heavy (non-hydrogen) atoms. The maximum Gasteiger partial charge on any atom is 0.311 e. The van der Waals surface area contributed by atoms with E-state index in [0.717, 1.165) is 0 Å². The van der Waals surface area contributed by atoms with Crippen molar-refractivity contribution in [3.05, 3.63) is 46.6 Å². The quantitative estimate of drug-likeness (QED) is 0.579. The predicted octanol–water partition coefficient (Wildman–Crippen LogP) is 1.57. The minimum absolute atomic E-state index is 0.00722. The Morgan fingerprint density at radius 2 is 2.21 bits per heavy atom. The molecule has 2 heterocycles. The summed E-state index contributed by atoms with van der Waals surface area (Å²) in [5.41, 5.74) is -0.151. The molecule has 0 saturated carbocycles. The number of anilines is 1. The van der Waals surface area contributed by atoms with Gasteiger partial charge in [-0.15, -0.1) is 0 Å². The van der Waals surface area contributed by atoms with Gasteiger partial charge in [-0.3, -0.25) is 10.1 Å². The number of ether oxygens (including phenoxy) is 3. The number of hydrogen-bond donors (Lipinski definition) is 2. The topological polar surface area (TPSA) is 116 Å². The maximum atomic E-state index is 10.9. The fourth-order valence-corrected chi connectivity index (χ4v) is 2.11. The molecule has 9 heteroatoms. The average molecular weight is 333 g/mol. The molecule has 0 amide bonds. The van der Waals surface area contributed by atoms with Crippen LogP contribution in [0, 0.1) is 10.1 Å². The second kappa shape index (κ2) is 7.01. The summed E-state index contributed by atoms with van der Waals surface area (Å²) in [5.74, 6) is 1.86. The van der Waals surface area contributed by atoms with Crippen molar-refractivity contribution in [2.24, 2.45) is 0 Å². The Balaban J connectivity index is 1.51. The van der Waals surface area contributed by atoms with E-state index in [-0.39, 0.29) is 31.4 Å². The summed E-state index contributed by atoms with van der Waals surface area (Å²) in [6, 6.07) is 7.91. The van der Waals surface area contributed by atoms with Gasteiger partial charge >= 0.3 is 5.69 Å². The van der Waals surface area contributed by atoms with Crippen molar-refractivity contribution < 1.29 is 24.2 Å². The van der Waals surface area contributed by atoms with Crippen LogP contribution < -0.4 is 19.5 Å². The monoisotopic (exact) mass is 333 g/mol. The summed E-state index contributed by atoms with van der Waals surface area (Å²) >= 11 is 0. The minimum atomic E-state index is -0.878. The lowest BCUT2D eigenvalue weighted by Gasteiger charge is -2.13. The predicted molar refractivity (Wildman–Crippen MR) is 83.4 cm³/mol. The highest BCUT2D eigenvalue weighted by Gasteiger charge is 2.16. The minimum Gasteiger partial charge on any atom is -0.491 e. The molecule has 2 N–H and O–H groups in total. The fourth-order valence-electron chi connectivity index (χ4n) is 2.11. The van der Waals surface area contributed by atoms with E-state index in [1.54, 1.807) is 18.2 Å². The molecule has 0 aliphatic carbocycles.